The predicted molar refractivity (Wildman–Crippen MR) is 77.4 cm³/mol. The Kier molecular flexibility index (Phi) is 7.91. The Morgan fingerprint density at radius 2 is 2.00 bits per heavy atom. The van der Waals surface area contributed by atoms with Gasteiger partial charge in [0.1, 0.15) is 0 Å². The van der Waals surface area contributed by atoms with Crippen LogP contribution in [0.25, 0.3) is 0 Å². The van der Waals surface area contributed by atoms with Gasteiger partial charge in [0, 0.05) is 24.8 Å². The van der Waals surface area contributed by atoms with E-state index in [2.05, 4.69) is 19.2 Å². The second-order valence-corrected chi connectivity index (χ2v) is 5.80. The molecule has 0 radical (unpaired) electrons. The third-order valence-corrected chi connectivity index (χ3v) is 4.00. The highest BCUT2D eigenvalue weighted by Crippen LogP contribution is 2.38. The van der Waals surface area contributed by atoms with Crippen LogP contribution in [-0.2, 0) is 9.47 Å². The van der Waals surface area contributed by atoms with Gasteiger partial charge >= 0.3 is 0 Å². The van der Waals surface area contributed by atoms with Gasteiger partial charge in [0.25, 0.3) is 0 Å². The molecule has 0 aromatic carbocycles. The summed E-state index contributed by atoms with van der Waals surface area (Å²) < 4.78 is 10.8. The largest absolute Gasteiger partial charge is 0.394 e. The molecular weight excluding hydrogens is 242 g/mol. The minimum atomic E-state index is -0.0859. The molecule has 0 aromatic rings. The lowest BCUT2D eigenvalue weighted by atomic mass is 9.85. The van der Waals surface area contributed by atoms with Crippen LogP contribution >= 0.6 is 0 Å². The molecular formula is C15H31NO3. The Balaban J connectivity index is 2.30. The highest BCUT2D eigenvalue weighted by molar-refractivity contribution is 4.99. The van der Waals surface area contributed by atoms with E-state index in [1.165, 1.54) is 12.8 Å². The summed E-state index contributed by atoms with van der Waals surface area (Å²) in [5.41, 5.74) is -0.0859. The van der Waals surface area contributed by atoms with Gasteiger partial charge in [0.15, 0.2) is 0 Å². The average Bonchev–Trinajstić information content (AvgIpc) is 2.76. The molecule has 4 nitrogen and oxygen atoms in total. The summed E-state index contributed by atoms with van der Waals surface area (Å²) in [5.74, 6) is 0.520. The normalized spacial score (nSPS) is 27.3. The van der Waals surface area contributed by atoms with Crippen LogP contribution in [0, 0.1) is 5.92 Å². The monoisotopic (exact) mass is 273 g/mol. The lowest BCUT2D eigenvalue weighted by Crippen LogP contribution is -2.54. The molecule has 0 aliphatic heterocycles. The van der Waals surface area contributed by atoms with Crippen LogP contribution in [0.15, 0.2) is 0 Å². The van der Waals surface area contributed by atoms with Gasteiger partial charge in [-0.05, 0) is 32.1 Å². The summed E-state index contributed by atoms with van der Waals surface area (Å²) in [5, 5.41) is 13.4. The van der Waals surface area contributed by atoms with Gasteiger partial charge in [-0.3, -0.25) is 0 Å². The second kappa shape index (κ2) is 8.90. The molecule has 1 aliphatic rings. The first-order valence-corrected chi connectivity index (χ1v) is 7.68. The lowest BCUT2D eigenvalue weighted by molar-refractivity contribution is 0.0366. The van der Waals surface area contributed by atoms with E-state index in [9.17, 15) is 5.11 Å². The van der Waals surface area contributed by atoms with Crippen molar-refractivity contribution >= 4 is 0 Å². The number of ether oxygens (including phenoxy) is 2. The molecule has 1 saturated carbocycles. The van der Waals surface area contributed by atoms with Crippen LogP contribution in [0.5, 0.6) is 0 Å². The third-order valence-electron chi connectivity index (χ3n) is 4.00. The van der Waals surface area contributed by atoms with Crippen LogP contribution in [0.3, 0.4) is 0 Å². The number of hydrogen-bond acceptors (Lipinski definition) is 4. The minimum absolute atomic E-state index is 0.0859. The van der Waals surface area contributed by atoms with Gasteiger partial charge < -0.3 is 19.9 Å². The van der Waals surface area contributed by atoms with E-state index < -0.39 is 0 Å². The molecule has 0 aromatic heterocycles. The molecule has 4 heteroatoms. The maximum Gasteiger partial charge on any atom is 0.0700 e. The van der Waals surface area contributed by atoms with E-state index in [1.807, 2.05) is 6.92 Å². The Morgan fingerprint density at radius 1 is 1.26 bits per heavy atom. The number of hydrogen-bond donors (Lipinski definition) is 2. The number of nitrogens with one attached hydrogen (secondary N) is 1. The Hall–Kier alpha value is -0.160. The van der Waals surface area contributed by atoms with Crippen LogP contribution in [0.1, 0.15) is 46.5 Å². The van der Waals surface area contributed by atoms with Crippen molar-refractivity contribution in [3.63, 3.8) is 0 Å². The molecule has 1 rings (SSSR count). The minimum Gasteiger partial charge on any atom is -0.394 e. The van der Waals surface area contributed by atoms with Gasteiger partial charge in [-0.15, -0.1) is 0 Å². The van der Waals surface area contributed by atoms with Crippen LogP contribution in [0.4, 0.5) is 0 Å². The van der Waals surface area contributed by atoms with E-state index in [0.717, 1.165) is 26.1 Å². The lowest BCUT2D eigenvalue weighted by Gasteiger charge is -2.37. The molecule has 0 amide bonds. The summed E-state index contributed by atoms with van der Waals surface area (Å²) in [6.07, 6.45) is 4.48. The van der Waals surface area contributed by atoms with E-state index in [0.29, 0.717) is 25.2 Å². The zero-order valence-electron chi connectivity index (χ0n) is 12.8. The quantitative estimate of drug-likeness (QED) is 0.597. The van der Waals surface area contributed by atoms with Crippen molar-refractivity contribution in [1.29, 1.82) is 0 Å². The fraction of sp³-hybridized carbons (Fsp3) is 1.00. The van der Waals surface area contributed by atoms with Crippen molar-refractivity contribution in [1.82, 2.24) is 5.32 Å². The first kappa shape index (κ1) is 16.9. The molecule has 1 aliphatic carbocycles. The van der Waals surface area contributed by atoms with Gasteiger partial charge in [-0.2, -0.15) is 0 Å². The Bertz CT molecular complexity index is 235. The van der Waals surface area contributed by atoms with E-state index in [4.69, 9.17) is 9.47 Å². The molecule has 0 saturated heterocycles. The molecule has 1 fully saturated rings. The third kappa shape index (κ3) is 5.38. The van der Waals surface area contributed by atoms with Crippen LogP contribution in [-0.4, -0.2) is 49.7 Å². The predicted octanol–water partition coefficient (Wildman–Crippen LogP) is 1.96. The molecule has 2 unspecified atom stereocenters. The van der Waals surface area contributed by atoms with Crippen molar-refractivity contribution in [2.75, 3.05) is 33.0 Å². The van der Waals surface area contributed by atoms with E-state index in [-0.39, 0.29) is 12.1 Å². The summed E-state index contributed by atoms with van der Waals surface area (Å²) in [6.45, 7) is 9.37. The second-order valence-electron chi connectivity index (χ2n) is 5.80. The molecule has 0 spiro atoms. The van der Waals surface area contributed by atoms with Crippen molar-refractivity contribution in [2.24, 2.45) is 5.92 Å². The topological polar surface area (TPSA) is 50.7 Å². The number of aliphatic hydroxyl groups excluding tert-OH is 1. The van der Waals surface area contributed by atoms with E-state index in [1.54, 1.807) is 0 Å². The SMILES string of the molecule is CCOCCOCCC1CCCC1(CO)NC(C)C. The summed E-state index contributed by atoms with van der Waals surface area (Å²) in [6, 6.07) is 0.409. The first-order chi connectivity index (χ1) is 9.14. The molecule has 114 valence electrons. The maximum absolute atomic E-state index is 9.79. The van der Waals surface area contributed by atoms with Gasteiger partial charge in [0.2, 0.25) is 0 Å². The van der Waals surface area contributed by atoms with Crippen molar-refractivity contribution in [3.05, 3.63) is 0 Å². The first-order valence-electron chi connectivity index (χ1n) is 7.68. The van der Waals surface area contributed by atoms with Crippen LogP contribution in [0.2, 0.25) is 0 Å². The highest BCUT2D eigenvalue weighted by Gasteiger charge is 2.42. The molecule has 2 N–H and O–H groups in total. The van der Waals surface area contributed by atoms with E-state index >= 15 is 0 Å². The zero-order valence-corrected chi connectivity index (χ0v) is 12.8. The summed E-state index contributed by atoms with van der Waals surface area (Å²) >= 11 is 0. The summed E-state index contributed by atoms with van der Waals surface area (Å²) in [7, 11) is 0. The zero-order chi connectivity index (χ0) is 14.1. The fourth-order valence-electron chi connectivity index (χ4n) is 3.17. The maximum atomic E-state index is 9.79. The van der Waals surface area contributed by atoms with Gasteiger partial charge in [0.05, 0.1) is 19.8 Å². The van der Waals surface area contributed by atoms with Crippen LogP contribution < -0.4 is 5.32 Å². The van der Waals surface area contributed by atoms with Crippen molar-refractivity contribution < 1.29 is 14.6 Å². The van der Waals surface area contributed by atoms with Crippen molar-refractivity contribution in [3.8, 4) is 0 Å². The number of aliphatic hydroxyl groups is 1. The standard InChI is InChI=1S/C15H31NO3/c1-4-18-10-11-19-9-7-14-6-5-8-15(14,12-17)16-13(2)3/h13-14,16-17H,4-12H2,1-3H3. The highest BCUT2D eigenvalue weighted by atomic mass is 16.5. The number of rotatable bonds is 10. The average molecular weight is 273 g/mol. The molecule has 0 bridgehead atoms. The van der Waals surface area contributed by atoms with Crippen molar-refractivity contribution in [2.45, 2.75) is 58.0 Å². The smallest absolute Gasteiger partial charge is 0.0700 e. The van der Waals surface area contributed by atoms with Gasteiger partial charge in [-0.25, -0.2) is 0 Å². The molecule has 19 heavy (non-hydrogen) atoms. The Morgan fingerprint density at radius 3 is 2.63 bits per heavy atom. The Labute approximate surface area is 117 Å². The molecule has 0 heterocycles. The molecule has 2 atom stereocenters. The summed E-state index contributed by atoms with van der Waals surface area (Å²) in [4.78, 5) is 0. The van der Waals surface area contributed by atoms with Gasteiger partial charge in [-0.1, -0.05) is 20.3 Å². The fourth-order valence-corrected chi connectivity index (χ4v) is 3.17.